The lowest BCUT2D eigenvalue weighted by Gasteiger charge is -2.17. The van der Waals surface area contributed by atoms with Gasteiger partial charge in [-0.05, 0) is 55.3 Å². The summed E-state index contributed by atoms with van der Waals surface area (Å²) in [5.74, 6) is -0.248. The number of rotatable bonds is 5. The summed E-state index contributed by atoms with van der Waals surface area (Å²) in [5, 5.41) is 3.16. The number of ether oxygens (including phenoxy) is 1. The number of para-hydroxylation sites is 2. The van der Waals surface area contributed by atoms with E-state index in [1.54, 1.807) is 25.3 Å². The zero-order chi connectivity index (χ0) is 21.3. The molecular weight excluding hydrogens is 376 g/mol. The van der Waals surface area contributed by atoms with Crippen LogP contribution in [-0.4, -0.2) is 18.9 Å². The van der Waals surface area contributed by atoms with Gasteiger partial charge in [-0.3, -0.25) is 9.59 Å². The van der Waals surface area contributed by atoms with Crippen LogP contribution >= 0.6 is 0 Å². The average Bonchev–Trinajstić information content (AvgIpc) is 3.00. The summed E-state index contributed by atoms with van der Waals surface area (Å²) in [6.45, 7) is 3.95. The summed E-state index contributed by atoms with van der Waals surface area (Å²) in [7, 11) is 1.55. The lowest BCUT2D eigenvalue weighted by molar-refractivity contribution is -0.120. The molecule has 0 spiro atoms. The van der Waals surface area contributed by atoms with Crippen molar-refractivity contribution in [3.63, 3.8) is 0 Å². The molecule has 0 aromatic heterocycles. The minimum Gasteiger partial charge on any atom is -0.496 e. The van der Waals surface area contributed by atoms with E-state index in [-0.39, 0.29) is 11.6 Å². The van der Waals surface area contributed by atoms with Gasteiger partial charge in [0.1, 0.15) is 11.4 Å². The molecular formula is C25H22N2O3. The second-order valence-corrected chi connectivity index (χ2v) is 7.16. The van der Waals surface area contributed by atoms with Crippen molar-refractivity contribution in [2.45, 2.75) is 13.8 Å². The third-order valence-corrected chi connectivity index (χ3v) is 5.25. The van der Waals surface area contributed by atoms with Crippen LogP contribution in [0.4, 0.5) is 11.4 Å². The van der Waals surface area contributed by atoms with Crippen molar-refractivity contribution in [2.24, 2.45) is 0 Å². The van der Waals surface area contributed by atoms with E-state index in [1.807, 2.05) is 68.4 Å². The number of hydrogen-bond donors (Lipinski definition) is 1. The number of carbonyl (C=O) groups excluding carboxylic acids is 2. The van der Waals surface area contributed by atoms with Gasteiger partial charge in [-0.25, -0.2) is 4.90 Å². The Morgan fingerprint density at radius 1 is 0.800 bits per heavy atom. The zero-order valence-electron chi connectivity index (χ0n) is 17.1. The van der Waals surface area contributed by atoms with E-state index in [0.29, 0.717) is 22.6 Å². The summed E-state index contributed by atoms with van der Waals surface area (Å²) in [6, 6.07) is 22.1. The van der Waals surface area contributed by atoms with Gasteiger partial charge >= 0.3 is 0 Å². The fourth-order valence-corrected chi connectivity index (χ4v) is 3.51. The number of benzene rings is 3. The Kier molecular flexibility index (Phi) is 5.11. The quantitative estimate of drug-likeness (QED) is 0.633. The van der Waals surface area contributed by atoms with Crippen LogP contribution in [0.1, 0.15) is 16.7 Å². The van der Waals surface area contributed by atoms with E-state index in [1.165, 1.54) is 4.90 Å². The predicted molar refractivity (Wildman–Crippen MR) is 118 cm³/mol. The lowest BCUT2D eigenvalue weighted by Crippen LogP contribution is -2.32. The number of nitrogens with one attached hydrogen (secondary N) is 1. The van der Waals surface area contributed by atoms with Crippen LogP contribution in [0, 0.1) is 13.8 Å². The molecule has 2 amide bonds. The van der Waals surface area contributed by atoms with Crippen LogP contribution in [0.2, 0.25) is 0 Å². The van der Waals surface area contributed by atoms with Crippen LogP contribution in [0.15, 0.2) is 78.5 Å². The first-order chi connectivity index (χ1) is 14.5. The van der Waals surface area contributed by atoms with E-state index >= 15 is 0 Å². The van der Waals surface area contributed by atoms with E-state index < -0.39 is 5.91 Å². The first-order valence-electron chi connectivity index (χ1n) is 9.67. The van der Waals surface area contributed by atoms with Crippen LogP contribution in [0.25, 0.3) is 5.57 Å². The van der Waals surface area contributed by atoms with E-state index in [4.69, 9.17) is 4.74 Å². The molecule has 3 aromatic rings. The Morgan fingerprint density at radius 3 is 2.20 bits per heavy atom. The topological polar surface area (TPSA) is 58.6 Å². The van der Waals surface area contributed by atoms with Crippen LogP contribution < -0.4 is 15.0 Å². The molecule has 5 nitrogen and oxygen atoms in total. The maximum absolute atomic E-state index is 13.5. The SMILES string of the molecule is COc1ccccc1C1=C(Nc2ccccc2)C(=O)N(c2ccc(C)c(C)c2)C1=O. The standard InChI is InChI=1S/C25H22N2O3/c1-16-13-14-19(15-17(16)2)27-24(28)22(20-11-7-8-12-21(20)30-3)23(25(27)29)26-18-9-5-4-6-10-18/h4-15,26H,1-3H3. The Balaban J connectivity index is 1.87. The molecule has 1 N–H and O–H groups in total. The maximum Gasteiger partial charge on any atom is 0.282 e. The molecule has 30 heavy (non-hydrogen) atoms. The lowest BCUT2D eigenvalue weighted by atomic mass is 10.0. The minimum absolute atomic E-state index is 0.230. The maximum atomic E-state index is 13.5. The first-order valence-corrected chi connectivity index (χ1v) is 9.67. The molecule has 150 valence electrons. The van der Waals surface area contributed by atoms with E-state index in [9.17, 15) is 9.59 Å². The van der Waals surface area contributed by atoms with Crippen molar-refractivity contribution in [1.29, 1.82) is 0 Å². The molecule has 3 aromatic carbocycles. The smallest absolute Gasteiger partial charge is 0.282 e. The second-order valence-electron chi connectivity index (χ2n) is 7.16. The van der Waals surface area contributed by atoms with Gasteiger partial charge in [-0.2, -0.15) is 0 Å². The van der Waals surface area contributed by atoms with Gasteiger partial charge in [0.05, 0.1) is 18.4 Å². The van der Waals surface area contributed by atoms with Gasteiger partial charge in [0.25, 0.3) is 11.8 Å². The fraction of sp³-hybridized carbons (Fsp3) is 0.120. The average molecular weight is 398 g/mol. The molecule has 0 atom stereocenters. The highest BCUT2D eigenvalue weighted by molar-refractivity contribution is 6.46. The molecule has 0 saturated carbocycles. The van der Waals surface area contributed by atoms with Crippen molar-refractivity contribution in [1.82, 2.24) is 0 Å². The zero-order valence-corrected chi connectivity index (χ0v) is 17.1. The molecule has 0 saturated heterocycles. The molecule has 1 heterocycles. The Hall–Kier alpha value is -3.86. The van der Waals surface area contributed by atoms with Crippen LogP contribution in [0.3, 0.4) is 0 Å². The summed E-state index contributed by atoms with van der Waals surface area (Å²) in [5.41, 5.74) is 4.47. The molecule has 5 heteroatoms. The third-order valence-electron chi connectivity index (χ3n) is 5.25. The number of anilines is 2. The molecule has 0 aliphatic carbocycles. The summed E-state index contributed by atoms with van der Waals surface area (Å²) in [6.07, 6.45) is 0. The highest BCUT2D eigenvalue weighted by atomic mass is 16.5. The molecule has 1 aliphatic rings. The van der Waals surface area contributed by atoms with Gasteiger partial charge < -0.3 is 10.1 Å². The highest BCUT2D eigenvalue weighted by Crippen LogP contribution is 2.37. The van der Waals surface area contributed by atoms with Crippen molar-refractivity contribution in [3.05, 3.63) is 95.2 Å². The fourth-order valence-electron chi connectivity index (χ4n) is 3.51. The summed E-state index contributed by atoms with van der Waals surface area (Å²) >= 11 is 0. The molecule has 0 unspecified atom stereocenters. The highest BCUT2D eigenvalue weighted by Gasteiger charge is 2.41. The second kappa shape index (κ2) is 7.87. The predicted octanol–water partition coefficient (Wildman–Crippen LogP) is 4.71. The van der Waals surface area contributed by atoms with Crippen molar-refractivity contribution < 1.29 is 14.3 Å². The molecule has 1 aliphatic heterocycles. The Morgan fingerprint density at radius 2 is 1.50 bits per heavy atom. The number of aryl methyl sites for hydroxylation is 2. The van der Waals surface area contributed by atoms with Crippen LogP contribution in [-0.2, 0) is 9.59 Å². The van der Waals surface area contributed by atoms with Crippen molar-refractivity contribution >= 4 is 28.8 Å². The van der Waals surface area contributed by atoms with Gasteiger partial charge in [0.2, 0.25) is 0 Å². The van der Waals surface area contributed by atoms with Gasteiger partial charge in [-0.15, -0.1) is 0 Å². The monoisotopic (exact) mass is 398 g/mol. The van der Waals surface area contributed by atoms with Crippen molar-refractivity contribution in [3.8, 4) is 5.75 Å². The first kappa shape index (κ1) is 19.5. The third kappa shape index (κ3) is 3.35. The van der Waals surface area contributed by atoms with Crippen LogP contribution in [0.5, 0.6) is 5.75 Å². The number of methoxy groups -OCH3 is 1. The van der Waals surface area contributed by atoms with Gasteiger partial charge in [0, 0.05) is 11.3 Å². The van der Waals surface area contributed by atoms with E-state index in [0.717, 1.165) is 16.8 Å². The summed E-state index contributed by atoms with van der Waals surface area (Å²) < 4.78 is 5.47. The number of carbonyl (C=O) groups is 2. The molecule has 0 fully saturated rings. The minimum atomic E-state index is -0.395. The Labute approximate surface area is 175 Å². The number of nitrogens with zero attached hydrogens (tertiary/aromatic N) is 1. The molecule has 0 bridgehead atoms. The number of amides is 2. The largest absolute Gasteiger partial charge is 0.496 e. The number of hydrogen-bond acceptors (Lipinski definition) is 4. The Bertz CT molecular complexity index is 1170. The molecule has 0 radical (unpaired) electrons. The molecule has 4 rings (SSSR count). The number of imide groups is 1. The van der Waals surface area contributed by atoms with Crippen molar-refractivity contribution in [2.75, 3.05) is 17.3 Å². The summed E-state index contributed by atoms with van der Waals surface area (Å²) in [4.78, 5) is 28.2. The van der Waals surface area contributed by atoms with Gasteiger partial charge in [0.15, 0.2) is 0 Å². The van der Waals surface area contributed by atoms with E-state index in [2.05, 4.69) is 5.32 Å². The van der Waals surface area contributed by atoms with Gasteiger partial charge in [-0.1, -0.05) is 42.5 Å². The normalized spacial score (nSPS) is 13.8.